The van der Waals surface area contributed by atoms with Gasteiger partial charge in [-0.1, -0.05) is 29.3 Å². The molecule has 1 fully saturated rings. The molecule has 0 radical (unpaired) electrons. The Bertz CT molecular complexity index is 645. The SMILES string of the molecule is CS(=O)(=O)N(CCC(=O)NC1CC1)c1cccc(Cl)c1Cl. The molecule has 0 aromatic heterocycles. The second-order valence-corrected chi connectivity index (χ2v) is 7.69. The van der Waals surface area contributed by atoms with Gasteiger partial charge in [0, 0.05) is 19.0 Å². The van der Waals surface area contributed by atoms with Crippen LogP contribution in [0.3, 0.4) is 0 Å². The lowest BCUT2D eigenvalue weighted by molar-refractivity contribution is -0.121. The van der Waals surface area contributed by atoms with Crippen molar-refractivity contribution in [2.75, 3.05) is 17.1 Å². The van der Waals surface area contributed by atoms with Gasteiger partial charge < -0.3 is 5.32 Å². The Morgan fingerprint density at radius 1 is 1.38 bits per heavy atom. The number of rotatable bonds is 6. The van der Waals surface area contributed by atoms with E-state index in [1.807, 2.05) is 0 Å². The fourth-order valence-electron chi connectivity index (χ4n) is 1.88. The first-order chi connectivity index (χ1) is 9.79. The number of carbonyl (C=O) groups is 1. The highest BCUT2D eigenvalue weighted by atomic mass is 35.5. The Morgan fingerprint density at radius 2 is 2.05 bits per heavy atom. The van der Waals surface area contributed by atoms with Gasteiger partial charge in [0.05, 0.1) is 22.0 Å². The van der Waals surface area contributed by atoms with Crippen molar-refractivity contribution >= 4 is 44.8 Å². The van der Waals surface area contributed by atoms with Crippen LogP contribution in [0, 0.1) is 0 Å². The number of nitrogens with zero attached hydrogens (tertiary/aromatic N) is 1. The van der Waals surface area contributed by atoms with Crippen LogP contribution in [-0.2, 0) is 14.8 Å². The number of hydrogen-bond acceptors (Lipinski definition) is 3. The first-order valence-corrected chi connectivity index (χ1v) is 9.10. The van der Waals surface area contributed by atoms with E-state index in [2.05, 4.69) is 5.32 Å². The third kappa shape index (κ3) is 4.49. The summed E-state index contributed by atoms with van der Waals surface area (Å²) in [5.74, 6) is -0.163. The van der Waals surface area contributed by atoms with Gasteiger partial charge in [-0.15, -0.1) is 0 Å². The van der Waals surface area contributed by atoms with Crippen LogP contribution >= 0.6 is 23.2 Å². The summed E-state index contributed by atoms with van der Waals surface area (Å²) in [6, 6.07) is 5.01. The zero-order valence-corrected chi connectivity index (χ0v) is 13.8. The fraction of sp³-hybridized carbons (Fsp3) is 0.462. The van der Waals surface area contributed by atoms with Crippen LogP contribution in [-0.4, -0.2) is 33.2 Å². The predicted molar refractivity (Wildman–Crippen MR) is 84.4 cm³/mol. The maximum absolute atomic E-state index is 11.9. The molecule has 0 atom stereocenters. The summed E-state index contributed by atoms with van der Waals surface area (Å²) in [5, 5.41) is 3.25. The second-order valence-electron chi connectivity index (χ2n) is 5.00. The van der Waals surface area contributed by atoms with Crippen molar-refractivity contribution in [2.24, 2.45) is 0 Å². The number of benzene rings is 1. The van der Waals surface area contributed by atoms with Gasteiger partial charge in [0.2, 0.25) is 15.9 Å². The molecule has 0 spiro atoms. The van der Waals surface area contributed by atoms with Crippen LogP contribution < -0.4 is 9.62 Å². The minimum Gasteiger partial charge on any atom is -0.353 e. The normalized spacial score (nSPS) is 14.8. The smallest absolute Gasteiger partial charge is 0.232 e. The number of sulfonamides is 1. The lowest BCUT2D eigenvalue weighted by Crippen LogP contribution is -2.35. The van der Waals surface area contributed by atoms with Crippen LogP contribution in [0.2, 0.25) is 10.0 Å². The number of anilines is 1. The highest BCUT2D eigenvalue weighted by Crippen LogP contribution is 2.33. The molecule has 1 aliphatic rings. The molecule has 1 amide bonds. The predicted octanol–water partition coefficient (Wildman–Crippen LogP) is 2.43. The van der Waals surface area contributed by atoms with E-state index in [1.54, 1.807) is 18.2 Å². The summed E-state index contributed by atoms with van der Waals surface area (Å²) >= 11 is 12.0. The Labute approximate surface area is 134 Å². The zero-order valence-electron chi connectivity index (χ0n) is 11.5. The van der Waals surface area contributed by atoms with E-state index in [0.717, 1.165) is 23.4 Å². The summed E-state index contributed by atoms with van der Waals surface area (Å²) in [5.41, 5.74) is 0.283. The highest BCUT2D eigenvalue weighted by molar-refractivity contribution is 7.92. The minimum absolute atomic E-state index is 0.0252. The third-order valence-electron chi connectivity index (χ3n) is 3.08. The number of carbonyl (C=O) groups excluding carboxylic acids is 1. The molecular formula is C13H16Cl2N2O3S. The summed E-state index contributed by atoms with van der Waals surface area (Å²) in [6.07, 6.45) is 3.12. The van der Waals surface area contributed by atoms with Crippen molar-refractivity contribution in [1.29, 1.82) is 0 Å². The van der Waals surface area contributed by atoms with Crippen LogP contribution in [0.1, 0.15) is 19.3 Å². The molecule has 0 aliphatic heterocycles. The summed E-state index contributed by atoms with van der Waals surface area (Å²) < 4.78 is 25.0. The van der Waals surface area contributed by atoms with Crippen LogP contribution in [0.25, 0.3) is 0 Å². The van der Waals surface area contributed by atoms with Crippen LogP contribution in [0.5, 0.6) is 0 Å². The number of amides is 1. The Balaban J connectivity index is 2.14. The number of hydrogen-bond donors (Lipinski definition) is 1. The van der Waals surface area contributed by atoms with E-state index in [0.29, 0.717) is 0 Å². The van der Waals surface area contributed by atoms with Crippen molar-refractivity contribution < 1.29 is 13.2 Å². The average Bonchev–Trinajstić information content (AvgIpc) is 3.16. The van der Waals surface area contributed by atoms with Crippen molar-refractivity contribution in [2.45, 2.75) is 25.3 Å². The molecule has 0 unspecified atom stereocenters. The van der Waals surface area contributed by atoms with Gasteiger partial charge in [-0.25, -0.2) is 8.42 Å². The molecule has 0 heterocycles. The van der Waals surface area contributed by atoms with Gasteiger partial charge in [0.15, 0.2) is 0 Å². The first-order valence-electron chi connectivity index (χ1n) is 6.50. The lowest BCUT2D eigenvalue weighted by Gasteiger charge is -2.23. The number of nitrogens with one attached hydrogen (secondary N) is 1. The summed E-state index contributed by atoms with van der Waals surface area (Å²) in [6.45, 7) is 0.0252. The quantitative estimate of drug-likeness (QED) is 0.856. The molecule has 1 aliphatic carbocycles. The largest absolute Gasteiger partial charge is 0.353 e. The summed E-state index contributed by atoms with van der Waals surface area (Å²) in [7, 11) is -3.56. The second kappa shape index (κ2) is 6.42. The van der Waals surface area contributed by atoms with Gasteiger partial charge in [0.1, 0.15) is 0 Å². The van der Waals surface area contributed by atoms with Gasteiger partial charge in [-0.05, 0) is 25.0 Å². The van der Waals surface area contributed by atoms with Crippen molar-refractivity contribution in [1.82, 2.24) is 5.32 Å². The van der Waals surface area contributed by atoms with E-state index < -0.39 is 10.0 Å². The molecule has 1 N–H and O–H groups in total. The highest BCUT2D eigenvalue weighted by Gasteiger charge is 2.25. The first kappa shape index (κ1) is 16.4. The lowest BCUT2D eigenvalue weighted by atomic mass is 10.3. The van der Waals surface area contributed by atoms with Crippen LogP contribution in [0.15, 0.2) is 18.2 Å². The van der Waals surface area contributed by atoms with Gasteiger partial charge in [-0.3, -0.25) is 9.10 Å². The van der Waals surface area contributed by atoms with Gasteiger partial charge in [0.25, 0.3) is 0 Å². The van der Waals surface area contributed by atoms with Crippen LogP contribution in [0.4, 0.5) is 5.69 Å². The summed E-state index contributed by atoms with van der Waals surface area (Å²) in [4.78, 5) is 11.7. The topological polar surface area (TPSA) is 66.5 Å². The minimum atomic E-state index is -3.56. The van der Waals surface area contributed by atoms with E-state index in [-0.39, 0.29) is 40.6 Å². The Kier molecular flexibility index (Phi) is 5.01. The van der Waals surface area contributed by atoms with Gasteiger partial charge in [-0.2, -0.15) is 0 Å². The monoisotopic (exact) mass is 350 g/mol. The van der Waals surface area contributed by atoms with E-state index in [1.165, 1.54) is 0 Å². The Hall–Kier alpha value is -0.980. The van der Waals surface area contributed by atoms with Crippen molar-refractivity contribution in [3.05, 3.63) is 28.2 Å². The molecule has 0 saturated heterocycles. The van der Waals surface area contributed by atoms with E-state index in [9.17, 15) is 13.2 Å². The average molecular weight is 351 g/mol. The maximum Gasteiger partial charge on any atom is 0.232 e. The molecule has 21 heavy (non-hydrogen) atoms. The maximum atomic E-state index is 11.9. The molecule has 1 aromatic rings. The molecule has 116 valence electrons. The molecule has 0 bridgehead atoms. The molecular weight excluding hydrogens is 335 g/mol. The van der Waals surface area contributed by atoms with E-state index >= 15 is 0 Å². The molecule has 1 saturated carbocycles. The number of halogens is 2. The van der Waals surface area contributed by atoms with Crippen molar-refractivity contribution in [3.8, 4) is 0 Å². The zero-order chi connectivity index (χ0) is 15.6. The molecule has 5 nitrogen and oxygen atoms in total. The third-order valence-corrected chi connectivity index (χ3v) is 5.07. The molecule has 2 rings (SSSR count). The fourth-order valence-corrected chi connectivity index (χ4v) is 3.26. The van der Waals surface area contributed by atoms with Gasteiger partial charge >= 0.3 is 0 Å². The van der Waals surface area contributed by atoms with Crippen molar-refractivity contribution in [3.63, 3.8) is 0 Å². The van der Waals surface area contributed by atoms with E-state index in [4.69, 9.17) is 23.2 Å². The molecule has 8 heteroatoms. The molecule has 1 aromatic carbocycles. The Morgan fingerprint density at radius 3 is 2.62 bits per heavy atom. The standard InChI is InChI=1S/C13H16Cl2N2O3S/c1-21(19,20)17(8-7-12(18)16-9-5-6-9)11-4-2-3-10(14)13(11)15/h2-4,9H,5-8H2,1H3,(H,16,18).